The van der Waals surface area contributed by atoms with E-state index in [1.165, 1.54) is 19.3 Å². The number of hydrogen-bond donors (Lipinski definition) is 1. The van der Waals surface area contributed by atoms with Gasteiger partial charge in [0.1, 0.15) is 0 Å². The van der Waals surface area contributed by atoms with E-state index < -0.39 is 0 Å². The van der Waals surface area contributed by atoms with Gasteiger partial charge in [0.2, 0.25) is 0 Å². The molecule has 0 spiro atoms. The number of piperidine rings is 1. The standard InChI is InChI=1S/C17H23BrN2O/c1-11-8-9-20(16-5-3-2-4-13(11)16)17(21)14-10-12(18)6-7-15(14)19/h6-7,10-11,13,16H,2-5,8-9,19H2,1H3. The van der Waals surface area contributed by atoms with Crippen molar-refractivity contribution in [1.82, 2.24) is 4.90 Å². The van der Waals surface area contributed by atoms with Gasteiger partial charge in [-0.2, -0.15) is 0 Å². The Bertz CT molecular complexity index is 546. The van der Waals surface area contributed by atoms with Gasteiger partial charge >= 0.3 is 0 Å². The van der Waals surface area contributed by atoms with Crippen LogP contribution in [0.3, 0.4) is 0 Å². The normalized spacial score (nSPS) is 29.0. The number of carbonyl (C=O) groups excluding carboxylic acids is 1. The van der Waals surface area contributed by atoms with Gasteiger partial charge in [0, 0.05) is 22.7 Å². The summed E-state index contributed by atoms with van der Waals surface area (Å²) in [6, 6.07) is 5.96. The minimum Gasteiger partial charge on any atom is -0.398 e. The van der Waals surface area contributed by atoms with Crippen molar-refractivity contribution in [2.45, 2.75) is 45.1 Å². The molecule has 1 aliphatic carbocycles. The second kappa shape index (κ2) is 5.99. The van der Waals surface area contributed by atoms with Gasteiger partial charge in [0.15, 0.2) is 0 Å². The highest BCUT2D eigenvalue weighted by molar-refractivity contribution is 9.10. The van der Waals surface area contributed by atoms with Crippen LogP contribution >= 0.6 is 15.9 Å². The molecule has 3 nitrogen and oxygen atoms in total. The summed E-state index contributed by atoms with van der Waals surface area (Å²) < 4.78 is 0.908. The summed E-state index contributed by atoms with van der Waals surface area (Å²) in [5, 5.41) is 0. The van der Waals surface area contributed by atoms with E-state index in [0.29, 0.717) is 23.2 Å². The number of nitrogens with two attached hydrogens (primary N) is 1. The number of nitrogen functional groups attached to an aromatic ring is 1. The molecule has 1 amide bonds. The number of carbonyl (C=O) groups is 1. The maximum Gasteiger partial charge on any atom is 0.256 e. The number of anilines is 1. The molecule has 1 aromatic carbocycles. The molecule has 0 bridgehead atoms. The maximum absolute atomic E-state index is 13.0. The molecule has 1 saturated heterocycles. The van der Waals surface area contributed by atoms with Crippen LogP contribution < -0.4 is 5.73 Å². The van der Waals surface area contributed by atoms with Crippen LogP contribution in [0.25, 0.3) is 0 Å². The summed E-state index contributed by atoms with van der Waals surface area (Å²) in [5.41, 5.74) is 7.24. The molecule has 2 fully saturated rings. The van der Waals surface area contributed by atoms with Crippen molar-refractivity contribution in [3.05, 3.63) is 28.2 Å². The van der Waals surface area contributed by atoms with Gasteiger partial charge in [-0.05, 0) is 49.3 Å². The molecule has 0 radical (unpaired) electrons. The van der Waals surface area contributed by atoms with Crippen molar-refractivity contribution in [3.8, 4) is 0 Å². The molecule has 3 unspecified atom stereocenters. The Balaban J connectivity index is 1.88. The molecule has 2 N–H and O–H groups in total. The Labute approximate surface area is 135 Å². The van der Waals surface area contributed by atoms with Crippen LogP contribution in [0, 0.1) is 11.8 Å². The zero-order valence-corrected chi connectivity index (χ0v) is 14.1. The number of hydrogen-bond acceptors (Lipinski definition) is 2. The molecule has 2 aliphatic rings. The van der Waals surface area contributed by atoms with Crippen LogP contribution in [-0.2, 0) is 0 Å². The van der Waals surface area contributed by atoms with E-state index in [9.17, 15) is 4.79 Å². The van der Waals surface area contributed by atoms with Gasteiger partial charge in [-0.3, -0.25) is 4.79 Å². The first-order chi connectivity index (χ1) is 10.1. The lowest BCUT2D eigenvalue weighted by molar-refractivity contribution is 0.0218. The molecule has 1 heterocycles. The lowest BCUT2D eigenvalue weighted by Gasteiger charge is -2.47. The molecule has 4 heteroatoms. The quantitative estimate of drug-likeness (QED) is 0.775. The fourth-order valence-electron chi connectivity index (χ4n) is 4.03. The van der Waals surface area contributed by atoms with Crippen LogP contribution in [0.15, 0.2) is 22.7 Å². The smallest absolute Gasteiger partial charge is 0.256 e. The number of halogens is 1. The van der Waals surface area contributed by atoms with Gasteiger partial charge in [0.05, 0.1) is 5.56 Å². The SMILES string of the molecule is CC1CCN(C(=O)c2cc(Br)ccc2N)C2CCCCC12. The van der Waals surface area contributed by atoms with Crippen LogP contribution in [0.4, 0.5) is 5.69 Å². The molecular weight excluding hydrogens is 328 g/mol. The van der Waals surface area contributed by atoms with Gasteiger partial charge in [-0.1, -0.05) is 35.7 Å². The van der Waals surface area contributed by atoms with E-state index in [0.717, 1.165) is 29.8 Å². The highest BCUT2D eigenvalue weighted by Crippen LogP contribution is 2.39. The fourth-order valence-corrected chi connectivity index (χ4v) is 4.39. The minimum atomic E-state index is 0.109. The average molecular weight is 351 g/mol. The van der Waals surface area contributed by atoms with E-state index in [4.69, 9.17) is 5.73 Å². The molecule has 3 rings (SSSR count). The van der Waals surface area contributed by atoms with E-state index in [-0.39, 0.29) is 5.91 Å². The molecule has 1 aromatic rings. The van der Waals surface area contributed by atoms with Crippen molar-refractivity contribution < 1.29 is 4.79 Å². The van der Waals surface area contributed by atoms with Crippen LogP contribution in [-0.4, -0.2) is 23.4 Å². The highest BCUT2D eigenvalue weighted by atomic mass is 79.9. The topological polar surface area (TPSA) is 46.3 Å². The molecule has 0 aromatic heterocycles. The Morgan fingerprint density at radius 2 is 2.05 bits per heavy atom. The third-order valence-electron chi connectivity index (χ3n) is 5.24. The van der Waals surface area contributed by atoms with Gasteiger partial charge in [-0.15, -0.1) is 0 Å². The van der Waals surface area contributed by atoms with Crippen LogP contribution in [0.1, 0.15) is 49.4 Å². The van der Waals surface area contributed by atoms with Gasteiger partial charge in [0.25, 0.3) is 5.91 Å². The first-order valence-electron chi connectivity index (χ1n) is 7.94. The van der Waals surface area contributed by atoms with Crippen molar-refractivity contribution in [1.29, 1.82) is 0 Å². The predicted molar refractivity (Wildman–Crippen MR) is 89.1 cm³/mol. The first-order valence-corrected chi connectivity index (χ1v) is 8.73. The van der Waals surface area contributed by atoms with Crippen molar-refractivity contribution in [2.75, 3.05) is 12.3 Å². The van der Waals surface area contributed by atoms with E-state index >= 15 is 0 Å². The lowest BCUT2D eigenvalue weighted by Crippen LogP contribution is -2.52. The van der Waals surface area contributed by atoms with Crippen molar-refractivity contribution in [3.63, 3.8) is 0 Å². The summed E-state index contributed by atoms with van der Waals surface area (Å²) in [6.07, 6.45) is 6.08. The average Bonchev–Trinajstić information content (AvgIpc) is 2.50. The van der Waals surface area contributed by atoms with Crippen LogP contribution in [0.2, 0.25) is 0 Å². The lowest BCUT2D eigenvalue weighted by atomic mass is 9.72. The summed E-state index contributed by atoms with van der Waals surface area (Å²) >= 11 is 3.44. The van der Waals surface area contributed by atoms with Crippen molar-refractivity contribution in [2.24, 2.45) is 11.8 Å². The first kappa shape index (κ1) is 14.9. The largest absolute Gasteiger partial charge is 0.398 e. The van der Waals surface area contributed by atoms with Gasteiger partial charge < -0.3 is 10.6 Å². The zero-order valence-electron chi connectivity index (χ0n) is 12.5. The molecule has 1 saturated carbocycles. The third kappa shape index (κ3) is 2.83. The Hall–Kier alpha value is -1.03. The maximum atomic E-state index is 13.0. The summed E-state index contributed by atoms with van der Waals surface area (Å²) in [4.78, 5) is 15.1. The number of fused-ring (bicyclic) bond motifs is 1. The predicted octanol–water partition coefficient (Wildman–Crippen LogP) is 4.07. The number of amides is 1. The summed E-state index contributed by atoms with van der Waals surface area (Å²) in [6.45, 7) is 3.21. The van der Waals surface area contributed by atoms with Crippen LogP contribution in [0.5, 0.6) is 0 Å². The Kier molecular flexibility index (Phi) is 4.25. The number of nitrogens with zero attached hydrogens (tertiary/aromatic N) is 1. The molecule has 114 valence electrons. The summed E-state index contributed by atoms with van der Waals surface area (Å²) in [5.74, 6) is 1.52. The van der Waals surface area contributed by atoms with E-state index in [2.05, 4.69) is 27.8 Å². The molecule has 1 aliphatic heterocycles. The molecular formula is C17H23BrN2O. The van der Waals surface area contributed by atoms with E-state index in [1.807, 2.05) is 18.2 Å². The number of benzene rings is 1. The number of likely N-dealkylation sites (tertiary alicyclic amines) is 1. The zero-order chi connectivity index (χ0) is 15.0. The monoisotopic (exact) mass is 350 g/mol. The number of rotatable bonds is 1. The third-order valence-corrected chi connectivity index (χ3v) is 5.74. The van der Waals surface area contributed by atoms with E-state index in [1.54, 1.807) is 0 Å². The Morgan fingerprint density at radius 3 is 2.86 bits per heavy atom. The highest BCUT2D eigenvalue weighted by Gasteiger charge is 2.39. The molecule has 21 heavy (non-hydrogen) atoms. The van der Waals surface area contributed by atoms with Gasteiger partial charge in [-0.25, -0.2) is 0 Å². The molecule has 3 atom stereocenters. The fraction of sp³-hybridized carbons (Fsp3) is 0.588. The second-order valence-corrected chi connectivity index (χ2v) is 7.43. The van der Waals surface area contributed by atoms with Crippen molar-refractivity contribution >= 4 is 27.5 Å². The Morgan fingerprint density at radius 1 is 1.29 bits per heavy atom. The summed E-state index contributed by atoms with van der Waals surface area (Å²) in [7, 11) is 0. The second-order valence-electron chi connectivity index (χ2n) is 6.51. The minimum absolute atomic E-state index is 0.109.